The maximum atomic E-state index is 9.80. The molecular weight excluding hydrogens is 226 g/mol. The first-order chi connectivity index (χ1) is 8.75. The van der Waals surface area contributed by atoms with Crippen LogP contribution in [-0.4, -0.2) is 14.7 Å². The highest BCUT2D eigenvalue weighted by Crippen LogP contribution is 2.36. The van der Waals surface area contributed by atoms with E-state index in [0.29, 0.717) is 11.8 Å². The number of aromatic nitrogens is 2. The molecule has 18 heavy (non-hydrogen) atoms. The Hall–Kier alpha value is -1.81. The van der Waals surface area contributed by atoms with Crippen molar-refractivity contribution in [3.8, 4) is 5.75 Å². The summed E-state index contributed by atoms with van der Waals surface area (Å²) in [6.45, 7) is 0.753. The van der Waals surface area contributed by atoms with Crippen LogP contribution in [0.1, 0.15) is 29.4 Å². The zero-order chi connectivity index (χ0) is 12.5. The molecule has 3 rings (SSSR count). The number of rotatable bonds is 3. The average molecular weight is 243 g/mol. The van der Waals surface area contributed by atoms with E-state index >= 15 is 0 Å². The zero-order valence-electron chi connectivity index (χ0n) is 10.4. The van der Waals surface area contributed by atoms with Gasteiger partial charge in [0.05, 0.1) is 6.54 Å². The summed E-state index contributed by atoms with van der Waals surface area (Å²) in [5.74, 6) is 1.46. The van der Waals surface area contributed by atoms with Crippen LogP contribution in [0.25, 0.3) is 0 Å². The van der Waals surface area contributed by atoms with Crippen LogP contribution in [0.3, 0.4) is 0 Å². The summed E-state index contributed by atoms with van der Waals surface area (Å²) in [6, 6.07) is 6.09. The van der Waals surface area contributed by atoms with E-state index < -0.39 is 0 Å². The van der Waals surface area contributed by atoms with E-state index in [1.54, 1.807) is 6.07 Å². The molecular formula is C14H17N3O. The molecule has 0 fully saturated rings. The number of hydrogen-bond donors (Lipinski definition) is 2. The fraction of sp³-hybridized carbons (Fsp3) is 0.357. The molecule has 1 unspecified atom stereocenters. The third-order valence-corrected chi connectivity index (χ3v) is 3.67. The Morgan fingerprint density at radius 3 is 3.17 bits per heavy atom. The molecule has 1 aliphatic rings. The Labute approximate surface area is 106 Å². The summed E-state index contributed by atoms with van der Waals surface area (Å²) in [4.78, 5) is 4.30. The first-order valence-electron chi connectivity index (χ1n) is 6.26. The molecule has 94 valence electrons. The summed E-state index contributed by atoms with van der Waals surface area (Å²) >= 11 is 0. The Kier molecular flexibility index (Phi) is 2.80. The van der Waals surface area contributed by atoms with Gasteiger partial charge in [0.1, 0.15) is 11.6 Å². The third-order valence-electron chi connectivity index (χ3n) is 3.67. The van der Waals surface area contributed by atoms with E-state index in [-0.39, 0.29) is 0 Å². The number of aryl methyl sites for hydroxylation is 1. The maximum Gasteiger partial charge on any atom is 0.122 e. The third kappa shape index (κ3) is 1.88. The van der Waals surface area contributed by atoms with Gasteiger partial charge >= 0.3 is 0 Å². The number of fused-ring (bicyclic) bond motifs is 1. The SMILES string of the molecule is Cn1ccnc1CNC1CCc2c(O)cccc21. The number of phenolic OH excluding ortho intramolecular Hbond substituents is 1. The average Bonchev–Trinajstić information content (AvgIpc) is 2.94. The predicted molar refractivity (Wildman–Crippen MR) is 69.2 cm³/mol. The molecule has 2 N–H and O–H groups in total. The summed E-state index contributed by atoms with van der Waals surface area (Å²) in [5.41, 5.74) is 2.32. The lowest BCUT2D eigenvalue weighted by Gasteiger charge is -2.14. The number of nitrogens with zero attached hydrogens (tertiary/aromatic N) is 2. The number of imidazole rings is 1. The van der Waals surface area contributed by atoms with Gasteiger partial charge in [-0.05, 0) is 30.0 Å². The van der Waals surface area contributed by atoms with Gasteiger partial charge < -0.3 is 15.0 Å². The molecule has 0 spiro atoms. The molecule has 0 saturated carbocycles. The summed E-state index contributed by atoms with van der Waals surface area (Å²) in [6.07, 6.45) is 5.74. The minimum absolute atomic E-state index is 0.323. The number of nitrogens with one attached hydrogen (secondary N) is 1. The van der Waals surface area contributed by atoms with Gasteiger partial charge in [-0.3, -0.25) is 0 Å². The van der Waals surface area contributed by atoms with E-state index in [0.717, 1.165) is 30.8 Å². The molecule has 1 atom stereocenters. The zero-order valence-corrected chi connectivity index (χ0v) is 10.4. The fourth-order valence-electron chi connectivity index (χ4n) is 2.63. The van der Waals surface area contributed by atoms with Crippen LogP contribution in [0.15, 0.2) is 30.6 Å². The van der Waals surface area contributed by atoms with Gasteiger partial charge in [-0.25, -0.2) is 4.98 Å². The van der Waals surface area contributed by atoms with Gasteiger partial charge in [-0.1, -0.05) is 12.1 Å². The van der Waals surface area contributed by atoms with Gasteiger partial charge in [-0.2, -0.15) is 0 Å². The first kappa shape index (κ1) is 11.3. The Bertz CT molecular complexity index is 562. The molecule has 2 aromatic rings. The van der Waals surface area contributed by atoms with Crippen molar-refractivity contribution in [2.75, 3.05) is 0 Å². The highest BCUT2D eigenvalue weighted by atomic mass is 16.3. The van der Waals surface area contributed by atoms with Gasteiger partial charge in [0.2, 0.25) is 0 Å². The predicted octanol–water partition coefficient (Wildman–Crippen LogP) is 1.90. The van der Waals surface area contributed by atoms with Gasteiger partial charge in [-0.15, -0.1) is 0 Å². The van der Waals surface area contributed by atoms with Crippen LogP contribution >= 0.6 is 0 Å². The van der Waals surface area contributed by atoms with E-state index in [9.17, 15) is 5.11 Å². The van der Waals surface area contributed by atoms with Crippen LogP contribution in [0.2, 0.25) is 0 Å². The van der Waals surface area contributed by atoms with Crippen LogP contribution < -0.4 is 5.32 Å². The number of hydrogen-bond acceptors (Lipinski definition) is 3. The quantitative estimate of drug-likeness (QED) is 0.865. The van der Waals surface area contributed by atoms with Crippen molar-refractivity contribution in [2.45, 2.75) is 25.4 Å². The second-order valence-electron chi connectivity index (χ2n) is 4.77. The van der Waals surface area contributed by atoms with Crippen molar-refractivity contribution in [1.29, 1.82) is 0 Å². The highest BCUT2D eigenvalue weighted by Gasteiger charge is 2.24. The molecule has 0 amide bonds. The standard InChI is InChI=1S/C14H17N3O/c1-17-8-7-15-14(17)9-16-12-6-5-11-10(12)3-2-4-13(11)18/h2-4,7-8,12,16,18H,5-6,9H2,1H3. The van der Waals surface area contributed by atoms with Gasteiger partial charge in [0.25, 0.3) is 0 Å². The Balaban J connectivity index is 1.74. The Morgan fingerprint density at radius 2 is 2.39 bits per heavy atom. The summed E-state index contributed by atoms with van der Waals surface area (Å²) < 4.78 is 2.02. The monoisotopic (exact) mass is 243 g/mol. The summed E-state index contributed by atoms with van der Waals surface area (Å²) in [7, 11) is 2.00. The molecule has 0 saturated heterocycles. The van der Waals surface area contributed by atoms with Crippen LogP contribution in [0.4, 0.5) is 0 Å². The van der Waals surface area contributed by atoms with E-state index in [1.807, 2.05) is 30.1 Å². The van der Waals surface area contributed by atoms with Crippen LogP contribution in [0, 0.1) is 0 Å². The lowest BCUT2D eigenvalue weighted by atomic mass is 10.1. The van der Waals surface area contributed by atoms with Gasteiger partial charge in [0.15, 0.2) is 0 Å². The lowest BCUT2D eigenvalue weighted by molar-refractivity contribution is 0.469. The number of aromatic hydroxyl groups is 1. The molecule has 1 aromatic heterocycles. The van der Waals surface area contributed by atoms with Crippen LogP contribution in [0.5, 0.6) is 5.75 Å². The van der Waals surface area contributed by atoms with E-state index in [4.69, 9.17) is 0 Å². The molecule has 0 bridgehead atoms. The maximum absolute atomic E-state index is 9.80. The molecule has 4 nitrogen and oxygen atoms in total. The van der Waals surface area contributed by atoms with Crippen molar-refractivity contribution >= 4 is 0 Å². The minimum atomic E-state index is 0.323. The Morgan fingerprint density at radius 1 is 1.50 bits per heavy atom. The molecule has 4 heteroatoms. The normalized spacial score (nSPS) is 17.9. The molecule has 0 aliphatic heterocycles. The van der Waals surface area contributed by atoms with Crippen molar-refractivity contribution in [3.05, 3.63) is 47.5 Å². The second-order valence-corrected chi connectivity index (χ2v) is 4.77. The van der Waals surface area contributed by atoms with Crippen LogP contribution in [-0.2, 0) is 20.0 Å². The topological polar surface area (TPSA) is 50.1 Å². The molecule has 1 aliphatic carbocycles. The minimum Gasteiger partial charge on any atom is -0.508 e. The van der Waals surface area contributed by atoms with E-state index in [2.05, 4.69) is 16.4 Å². The highest BCUT2D eigenvalue weighted by molar-refractivity contribution is 5.44. The van der Waals surface area contributed by atoms with Crippen molar-refractivity contribution in [1.82, 2.24) is 14.9 Å². The van der Waals surface area contributed by atoms with Crippen molar-refractivity contribution in [3.63, 3.8) is 0 Å². The molecule has 1 aromatic carbocycles. The molecule has 0 radical (unpaired) electrons. The number of benzene rings is 1. The number of phenols is 1. The molecule has 1 heterocycles. The lowest BCUT2D eigenvalue weighted by Crippen LogP contribution is -2.20. The van der Waals surface area contributed by atoms with E-state index in [1.165, 1.54) is 5.56 Å². The largest absolute Gasteiger partial charge is 0.508 e. The van der Waals surface area contributed by atoms with Gasteiger partial charge in [0, 0.05) is 25.5 Å². The smallest absolute Gasteiger partial charge is 0.122 e. The summed E-state index contributed by atoms with van der Waals surface area (Å²) in [5, 5.41) is 13.3. The first-order valence-corrected chi connectivity index (χ1v) is 6.26. The fourth-order valence-corrected chi connectivity index (χ4v) is 2.63. The second kappa shape index (κ2) is 4.46. The van der Waals surface area contributed by atoms with Crippen molar-refractivity contribution in [2.24, 2.45) is 7.05 Å². The van der Waals surface area contributed by atoms with Crippen molar-refractivity contribution < 1.29 is 5.11 Å².